The minimum Gasteiger partial charge on any atom is -0.444 e. The minimum atomic E-state index is -0.616. The first-order valence-electron chi connectivity index (χ1n) is 15.3. The van der Waals surface area contributed by atoms with Gasteiger partial charge in [0.25, 0.3) is 5.91 Å². The van der Waals surface area contributed by atoms with Crippen LogP contribution in [-0.4, -0.2) is 63.6 Å². The van der Waals surface area contributed by atoms with Gasteiger partial charge in [-0.25, -0.2) is 9.79 Å². The molecule has 1 fully saturated rings. The summed E-state index contributed by atoms with van der Waals surface area (Å²) in [6.45, 7) is 16.4. The van der Waals surface area contributed by atoms with Crippen LogP contribution in [0.25, 0.3) is 0 Å². The molecule has 5 rings (SSSR count). The summed E-state index contributed by atoms with van der Waals surface area (Å²) < 4.78 is 5.58. The van der Waals surface area contributed by atoms with Crippen molar-refractivity contribution in [1.29, 1.82) is 0 Å². The number of nitrogens with zero attached hydrogens (tertiary/aromatic N) is 4. The van der Waals surface area contributed by atoms with Crippen LogP contribution in [0.5, 0.6) is 0 Å². The molecular formula is C34H42Cl2N4O3S. The second-order valence-corrected chi connectivity index (χ2v) is 15.1. The number of fused-ring (bicyclic) bond motifs is 1. The van der Waals surface area contributed by atoms with Gasteiger partial charge >= 0.3 is 6.09 Å². The van der Waals surface area contributed by atoms with Crippen LogP contribution in [-0.2, 0) is 15.1 Å². The van der Waals surface area contributed by atoms with Gasteiger partial charge in [0.1, 0.15) is 16.0 Å². The normalized spacial score (nSPS) is 23.4. The Morgan fingerprint density at radius 1 is 1.09 bits per heavy atom. The number of amides is 2. The van der Waals surface area contributed by atoms with Gasteiger partial charge in [-0.05, 0) is 100 Å². The molecule has 0 aliphatic carbocycles. The number of allylic oxidation sites excluding steroid dienone is 1. The molecule has 0 radical (unpaired) electrons. The standard InChI is InChI=1S/C34H42Cl2N4O3S/c1-8-38(19-22-17-18-39(20-22)32(42)43-33(4,5)6)30(41)28-27(21(2)3)40-29(23-9-13-25(35)14-10-23)34(7,37-31(40)44-28)24-11-15-26(36)16-12-24/h9-16,21-22,29H,8,17-20H2,1-7H3/t22?,29-,34?/m1/s1. The number of hydrogen-bond donors (Lipinski definition) is 0. The fourth-order valence-electron chi connectivity index (χ4n) is 6.35. The van der Waals surface area contributed by atoms with Crippen molar-refractivity contribution in [3.05, 3.63) is 80.3 Å². The molecule has 1 saturated heterocycles. The van der Waals surface area contributed by atoms with Crippen molar-refractivity contribution in [3.8, 4) is 0 Å². The number of hydrogen-bond acceptors (Lipinski definition) is 6. The summed E-state index contributed by atoms with van der Waals surface area (Å²) in [7, 11) is 0. The Balaban J connectivity index is 1.44. The van der Waals surface area contributed by atoms with Gasteiger partial charge in [0, 0.05) is 41.9 Å². The van der Waals surface area contributed by atoms with Gasteiger partial charge in [0.2, 0.25) is 0 Å². The maximum Gasteiger partial charge on any atom is 0.410 e. The molecule has 3 aliphatic rings. The molecule has 0 spiro atoms. The lowest BCUT2D eigenvalue weighted by Gasteiger charge is -2.37. The van der Waals surface area contributed by atoms with E-state index in [4.69, 9.17) is 32.9 Å². The van der Waals surface area contributed by atoms with Crippen LogP contribution in [0.4, 0.5) is 4.79 Å². The average Bonchev–Trinajstić information content (AvgIpc) is 3.64. The minimum absolute atomic E-state index is 0.0112. The number of rotatable bonds is 7. The predicted molar refractivity (Wildman–Crippen MR) is 180 cm³/mol. The molecule has 2 amide bonds. The molecule has 3 heterocycles. The van der Waals surface area contributed by atoms with Crippen molar-refractivity contribution >= 4 is 52.1 Å². The number of carbonyl (C=O) groups excluding carboxylic acids is 2. The van der Waals surface area contributed by atoms with Crippen LogP contribution in [0.1, 0.15) is 72.1 Å². The van der Waals surface area contributed by atoms with E-state index in [-0.39, 0.29) is 29.9 Å². The number of halogens is 2. The topological polar surface area (TPSA) is 65.5 Å². The molecule has 0 aromatic heterocycles. The van der Waals surface area contributed by atoms with E-state index in [1.807, 2.05) is 69.0 Å². The summed E-state index contributed by atoms with van der Waals surface area (Å²) in [5.74, 6) is 0.273. The van der Waals surface area contributed by atoms with E-state index in [2.05, 4.69) is 37.8 Å². The number of benzene rings is 2. The van der Waals surface area contributed by atoms with Gasteiger partial charge in [-0.15, -0.1) is 0 Å². The summed E-state index contributed by atoms with van der Waals surface area (Å²) >= 11 is 14.0. The largest absolute Gasteiger partial charge is 0.444 e. The number of likely N-dealkylation sites (N-methyl/N-ethyl adjacent to an activating group) is 1. The fourth-order valence-corrected chi connectivity index (χ4v) is 7.98. The molecule has 2 unspecified atom stereocenters. The van der Waals surface area contributed by atoms with E-state index >= 15 is 0 Å². The maximum atomic E-state index is 14.3. The molecule has 0 N–H and O–H groups in total. The van der Waals surface area contributed by atoms with Crippen LogP contribution in [0, 0.1) is 11.8 Å². The summed E-state index contributed by atoms with van der Waals surface area (Å²) in [6.07, 6.45) is 0.546. The number of likely N-dealkylation sites (tertiary alicyclic amines) is 1. The number of amidine groups is 1. The van der Waals surface area contributed by atoms with E-state index in [0.29, 0.717) is 36.2 Å². The van der Waals surface area contributed by atoms with E-state index in [9.17, 15) is 9.59 Å². The molecule has 0 bridgehead atoms. The van der Waals surface area contributed by atoms with Crippen molar-refractivity contribution in [3.63, 3.8) is 0 Å². The number of thioether (sulfide) groups is 1. The quantitative estimate of drug-likeness (QED) is 0.300. The highest BCUT2D eigenvalue weighted by Gasteiger charge is 2.53. The summed E-state index contributed by atoms with van der Waals surface area (Å²) in [5, 5.41) is 2.17. The summed E-state index contributed by atoms with van der Waals surface area (Å²) in [6, 6.07) is 15.6. The van der Waals surface area contributed by atoms with E-state index < -0.39 is 11.1 Å². The van der Waals surface area contributed by atoms with Crippen LogP contribution in [0.2, 0.25) is 10.0 Å². The Kier molecular flexibility index (Phi) is 9.37. The Labute approximate surface area is 275 Å². The third-order valence-electron chi connectivity index (χ3n) is 8.45. The maximum absolute atomic E-state index is 14.3. The van der Waals surface area contributed by atoms with Crippen molar-refractivity contribution < 1.29 is 14.3 Å². The monoisotopic (exact) mass is 656 g/mol. The molecule has 0 saturated carbocycles. The van der Waals surface area contributed by atoms with Crippen LogP contribution in [0.3, 0.4) is 0 Å². The second-order valence-electron chi connectivity index (χ2n) is 13.3. The first-order valence-corrected chi connectivity index (χ1v) is 16.9. The van der Waals surface area contributed by atoms with Crippen LogP contribution < -0.4 is 0 Å². The summed E-state index contributed by atoms with van der Waals surface area (Å²) in [4.78, 5) is 39.0. The van der Waals surface area contributed by atoms with Crippen molar-refractivity contribution in [1.82, 2.24) is 14.7 Å². The lowest BCUT2D eigenvalue weighted by atomic mass is 9.81. The molecule has 2 aromatic carbocycles. The van der Waals surface area contributed by atoms with Crippen molar-refractivity contribution in [2.24, 2.45) is 16.8 Å². The second kappa shape index (κ2) is 12.6. The number of aliphatic imine (C=N–C) groups is 1. The lowest BCUT2D eigenvalue weighted by Crippen LogP contribution is -2.39. The number of ether oxygens (including phenoxy) is 1. The third-order valence-corrected chi connectivity index (χ3v) is 10.0. The fraction of sp³-hybridized carbons (Fsp3) is 0.500. The zero-order valence-corrected chi connectivity index (χ0v) is 28.9. The van der Waals surface area contributed by atoms with Gasteiger partial charge in [-0.3, -0.25) is 4.79 Å². The lowest BCUT2D eigenvalue weighted by molar-refractivity contribution is -0.126. The number of carbonyl (C=O) groups is 2. The zero-order chi connectivity index (χ0) is 32.0. The molecule has 236 valence electrons. The van der Waals surface area contributed by atoms with Gasteiger partial charge in [0.05, 0.1) is 6.04 Å². The molecular weight excluding hydrogens is 615 g/mol. The van der Waals surface area contributed by atoms with Gasteiger partial charge in [-0.2, -0.15) is 0 Å². The molecule has 7 nitrogen and oxygen atoms in total. The highest BCUT2D eigenvalue weighted by atomic mass is 35.5. The Morgan fingerprint density at radius 2 is 1.70 bits per heavy atom. The third kappa shape index (κ3) is 6.49. The molecule has 3 aliphatic heterocycles. The highest BCUT2D eigenvalue weighted by molar-refractivity contribution is 8.18. The highest BCUT2D eigenvalue weighted by Crippen LogP contribution is 2.56. The van der Waals surface area contributed by atoms with Crippen molar-refractivity contribution in [2.75, 3.05) is 26.2 Å². The molecule has 44 heavy (non-hydrogen) atoms. The molecule has 3 atom stereocenters. The van der Waals surface area contributed by atoms with E-state index in [1.54, 1.807) is 4.90 Å². The zero-order valence-electron chi connectivity index (χ0n) is 26.6. The van der Waals surface area contributed by atoms with Gasteiger partial charge in [-0.1, -0.05) is 61.3 Å². The summed E-state index contributed by atoms with van der Waals surface area (Å²) in [5.41, 5.74) is 1.94. The van der Waals surface area contributed by atoms with Crippen LogP contribution in [0.15, 0.2) is 64.1 Å². The van der Waals surface area contributed by atoms with Gasteiger partial charge < -0.3 is 19.4 Å². The van der Waals surface area contributed by atoms with Crippen LogP contribution >= 0.6 is 35.0 Å². The van der Waals surface area contributed by atoms with Gasteiger partial charge in [0.15, 0.2) is 5.17 Å². The molecule has 10 heteroatoms. The molecule has 2 aromatic rings. The smallest absolute Gasteiger partial charge is 0.410 e. The SMILES string of the molecule is CCN(CC1CCN(C(=O)OC(C)(C)C)C1)C(=O)C1=C(C(C)C)N2C(=NC(C)(c3ccc(Cl)cc3)[C@H]2c2ccc(Cl)cc2)S1. The Hall–Kier alpha value is -2.68. The predicted octanol–water partition coefficient (Wildman–Crippen LogP) is 8.34. The first-order chi connectivity index (χ1) is 20.7. The Morgan fingerprint density at radius 3 is 2.27 bits per heavy atom. The van der Waals surface area contributed by atoms with E-state index in [0.717, 1.165) is 33.3 Å². The first kappa shape index (κ1) is 32.7. The Bertz CT molecular complexity index is 1470. The average molecular weight is 658 g/mol. The van der Waals surface area contributed by atoms with Crippen molar-refractivity contribution in [2.45, 2.75) is 72.1 Å². The van der Waals surface area contributed by atoms with E-state index in [1.165, 1.54) is 11.8 Å².